The van der Waals surface area contributed by atoms with Crippen molar-refractivity contribution in [2.45, 2.75) is 19.3 Å². The van der Waals surface area contributed by atoms with Crippen LogP contribution in [0.2, 0.25) is 5.02 Å². The molecule has 0 aliphatic rings. The van der Waals surface area contributed by atoms with Gasteiger partial charge in [0, 0.05) is 10.9 Å². The molecule has 0 saturated carbocycles. The summed E-state index contributed by atoms with van der Waals surface area (Å²) in [5.41, 5.74) is 7.15. The molecule has 18 heavy (non-hydrogen) atoms. The molecule has 0 spiro atoms. The fourth-order valence-electron chi connectivity index (χ4n) is 1.63. The van der Waals surface area contributed by atoms with E-state index in [1.807, 2.05) is 5.38 Å². The molecule has 0 aliphatic carbocycles. The molecule has 1 aromatic carbocycles. The zero-order valence-electron chi connectivity index (χ0n) is 9.83. The second kappa shape index (κ2) is 6.27. The maximum Gasteiger partial charge on any atom is 0.141 e. The molecule has 2 aromatic rings. The first kappa shape index (κ1) is 13.5. The van der Waals surface area contributed by atoms with Gasteiger partial charge >= 0.3 is 0 Å². The van der Waals surface area contributed by atoms with Crippen LogP contribution in [0, 0.1) is 5.82 Å². The molecule has 0 atom stereocenters. The van der Waals surface area contributed by atoms with Gasteiger partial charge in [0.2, 0.25) is 0 Å². The van der Waals surface area contributed by atoms with Crippen LogP contribution in [0.4, 0.5) is 4.39 Å². The van der Waals surface area contributed by atoms with Gasteiger partial charge in [-0.3, -0.25) is 0 Å². The molecule has 5 heteroatoms. The van der Waals surface area contributed by atoms with Crippen molar-refractivity contribution in [1.29, 1.82) is 0 Å². The van der Waals surface area contributed by atoms with Crippen LogP contribution in [0.15, 0.2) is 23.6 Å². The third-order valence-electron chi connectivity index (χ3n) is 2.61. The Bertz CT molecular complexity index is 527. The van der Waals surface area contributed by atoms with Crippen molar-refractivity contribution in [3.8, 4) is 11.3 Å². The van der Waals surface area contributed by atoms with Crippen LogP contribution < -0.4 is 5.73 Å². The lowest BCUT2D eigenvalue weighted by Gasteiger charge is -1.99. The highest BCUT2D eigenvalue weighted by Gasteiger charge is 2.07. The summed E-state index contributed by atoms with van der Waals surface area (Å²) < 4.78 is 13.1. The molecule has 0 unspecified atom stereocenters. The van der Waals surface area contributed by atoms with Crippen molar-refractivity contribution >= 4 is 22.9 Å². The van der Waals surface area contributed by atoms with E-state index >= 15 is 0 Å². The number of rotatable bonds is 5. The number of halogens is 2. The minimum Gasteiger partial charge on any atom is -0.330 e. The van der Waals surface area contributed by atoms with E-state index in [-0.39, 0.29) is 5.02 Å². The average molecular weight is 285 g/mol. The Morgan fingerprint density at radius 2 is 2.17 bits per heavy atom. The summed E-state index contributed by atoms with van der Waals surface area (Å²) in [6.45, 7) is 0.714. The predicted octanol–water partition coefficient (Wildman–Crippen LogP) is 3.88. The number of hydrogen-bond acceptors (Lipinski definition) is 3. The molecule has 0 saturated heterocycles. The zero-order chi connectivity index (χ0) is 13.0. The Hall–Kier alpha value is -0.970. The topological polar surface area (TPSA) is 38.9 Å². The van der Waals surface area contributed by atoms with Gasteiger partial charge in [-0.2, -0.15) is 0 Å². The van der Waals surface area contributed by atoms with Crippen molar-refractivity contribution in [3.05, 3.63) is 39.4 Å². The quantitative estimate of drug-likeness (QED) is 0.846. The van der Waals surface area contributed by atoms with Crippen LogP contribution in [-0.2, 0) is 6.42 Å². The van der Waals surface area contributed by atoms with Crippen molar-refractivity contribution in [2.24, 2.45) is 5.73 Å². The summed E-state index contributed by atoms with van der Waals surface area (Å²) in [4.78, 5) is 4.52. The van der Waals surface area contributed by atoms with E-state index in [2.05, 4.69) is 4.98 Å². The summed E-state index contributed by atoms with van der Waals surface area (Å²) in [5, 5.41) is 3.19. The lowest BCUT2D eigenvalue weighted by Crippen LogP contribution is -1.98. The number of aryl methyl sites for hydroxylation is 1. The van der Waals surface area contributed by atoms with E-state index in [9.17, 15) is 4.39 Å². The molecular formula is C13H14ClFN2S. The minimum atomic E-state index is -0.404. The first-order valence-corrected chi connectivity index (χ1v) is 7.06. The molecule has 2 N–H and O–H groups in total. The van der Waals surface area contributed by atoms with Gasteiger partial charge in [-0.1, -0.05) is 11.6 Å². The number of benzene rings is 1. The molecule has 1 heterocycles. The zero-order valence-corrected chi connectivity index (χ0v) is 11.4. The Balaban J connectivity index is 2.11. The van der Waals surface area contributed by atoms with Crippen LogP contribution in [0.1, 0.15) is 17.8 Å². The minimum absolute atomic E-state index is 0.130. The second-order valence-electron chi connectivity index (χ2n) is 4.00. The Morgan fingerprint density at radius 3 is 2.89 bits per heavy atom. The highest BCUT2D eigenvalue weighted by atomic mass is 35.5. The molecule has 2 nitrogen and oxygen atoms in total. The monoisotopic (exact) mass is 284 g/mol. The van der Waals surface area contributed by atoms with E-state index in [1.54, 1.807) is 23.5 Å². The van der Waals surface area contributed by atoms with E-state index in [0.29, 0.717) is 6.54 Å². The van der Waals surface area contributed by atoms with Gasteiger partial charge in [0.1, 0.15) is 5.82 Å². The summed E-state index contributed by atoms with van der Waals surface area (Å²) in [6.07, 6.45) is 3.00. The molecule has 0 aliphatic heterocycles. The molecule has 0 amide bonds. The van der Waals surface area contributed by atoms with Crippen LogP contribution in [0.3, 0.4) is 0 Å². The highest BCUT2D eigenvalue weighted by Crippen LogP contribution is 2.26. The summed E-state index contributed by atoms with van der Waals surface area (Å²) in [5.74, 6) is -0.404. The second-order valence-corrected chi connectivity index (χ2v) is 5.35. The number of thiazole rings is 1. The molecule has 0 bridgehead atoms. The number of aromatic nitrogens is 1. The van der Waals surface area contributed by atoms with E-state index in [0.717, 1.165) is 35.5 Å². The number of nitrogens with zero attached hydrogens (tertiary/aromatic N) is 1. The van der Waals surface area contributed by atoms with Crippen molar-refractivity contribution in [1.82, 2.24) is 4.98 Å². The first-order chi connectivity index (χ1) is 8.70. The Kier molecular flexibility index (Phi) is 4.69. The molecule has 2 rings (SSSR count). The smallest absolute Gasteiger partial charge is 0.141 e. The van der Waals surface area contributed by atoms with Gasteiger partial charge in [-0.15, -0.1) is 11.3 Å². The van der Waals surface area contributed by atoms with E-state index in [4.69, 9.17) is 17.3 Å². The maximum absolute atomic E-state index is 13.1. The standard InChI is InChI=1S/C13H14ClFN2S/c14-10-7-9(4-5-11(10)15)12-8-18-13(17-12)3-1-2-6-16/h4-5,7-8H,1-3,6,16H2. The molecule has 96 valence electrons. The van der Waals surface area contributed by atoms with Crippen molar-refractivity contribution in [3.63, 3.8) is 0 Å². The van der Waals surface area contributed by atoms with Gasteiger partial charge in [-0.05, 0) is 44.0 Å². The lowest BCUT2D eigenvalue weighted by atomic mass is 10.2. The van der Waals surface area contributed by atoms with Crippen molar-refractivity contribution < 1.29 is 4.39 Å². The number of hydrogen-bond donors (Lipinski definition) is 1. The van der Waals surface area contributed by atoms with Gasteiger partial charge in [0.05, 0.1) is 15.7 Å². The Morgan fingerprint density at radius 1 is 1.33 bits per heavy atom. The van der Waals surface area contributed by atoms with E-state index in [1.165, 1.54) is 6.07 Å². The molecule has 0 fully saturated rings. The molecule has 0 radical (unpaired) electrons. The predicted molar refractivity (Wildman–Crippen MR) is 74.5 cm³/mol. The third-order valence-corrected chi connectivity index (χ3v) is 3.81. The third kappa shape index (κ3) is 3.28. The van der Waals surface area contributed by atoms with Gasteiger partial charge in [0.25, 0.3) is 0 Å². The summed E-state index contributed by atoms with van der Waals surface area (Å²) >= 11 is 7.38. The van der Waals surface area contributed by atoms with Gasteiger partial charge in [-0.25, -0.2) is 9.37 Å². The van der Waals surface area contributed by atoms with Crippen LogP contribution >= 0.6 is 22.9 Å². The lowest BCUT2D eigenvalue weighted by molar-refractivity contribution is 0.628. The highest BCUT2D eigenvalue weighted by molar-refractivity contribution is 7.09. The van der Waals surface area contributed by atoms with E-state index < -0.39 is 5.82 Å². The van der Waals surface area contributed by atoms with Crippen LogP contribution in [0.5, 0.6) is 0 Å². The normalized spacial score (nSPS) is 10.8. The molecular weight excluding hydrogens is 271 g/mol. The van der Waals surface area contributed by atoms with Gasteiger partial charge in [0.15, 0.2) is 0 Å². The maximum atomic E-state index is 13.1. The number of nitrogens with two attached hydrogens (primary N) is 1. The average Bonchev–Trinajstić information content (AvgIpc) is 2.82. The largest absolute Gasteiger partial charge is 0.330 e. The first-order valence-electron chi connectivity index (χ1n) is 5.80. The summed E-state index contributed by atoms with van der Waals surface area (Å²) in [6, 6.07) is 4.67. The van der Waals surface area contributed by atoms with Crippen molar-refractivity contribution in [2.75, 3.05) is 6.54 Å². The van der Waals surface area contributed by atoms with Crippen LogP contribution in [0.25, 0.3) is 11.3 Å². The Labute approximate surface area is 115 Å². The summed E-state index contributed by atoms with van der Waals surface area (Å²) in [7, 11) is 0. The number of unbranched alkanes of at least 4 members (excludes halogenated alkanes) is 1. The van der Waals surface area contributed by atoms with Gasteiger partial charge < -0.3 is 5.73 Å². The fourth-order valence-corrected chi connectivity index (χ4v) is 2.66. The SMILES string of the molecule is NCCCCc1nc(-c2ccc(F)c(Cl)c2)cs1. The molecule has 1 aromatic heterocycles. The van der Waals surface area contributed by atoms with Crippen LogP contribution in [-0.4, -0.2) is 11.5 Å². The fraction of sp³-hybridized carbons (Fsp3) is 0.308.